The van der Waals surface area contributed by atoms with Gasteiger partial charge in [-0.2, -0.15) is 0 Å². The van der Waals surface area contributed by atoms with Crippen LogP contribution in [0.4, 0.5) is 4.79 Å². The number of aliphatic carboxylic acids is 1. The van der Waals surface area contributed by atoms with Crippen molar-refractivity contribution < 1.29 is 24.9 Å². The summed E-state index contributed by atoms with van der Waals surface area (Å²) >= 11 is 0. The van der Waals surface area contributed by atoms with E-state index < -0.39 is 12.1 Å². The summed E-state index contributed by atoms with van der Waals surface area (Å²) in [5.41, 5.74) is 4.57. The van der Waals surface area contributed by atoms with Gasteiger partial charge in [0.25, 0.3) is 0 Å². The van der Waals surface area contributed by atoms with Gasteiger partial charge in [-0.15, -0.1) is 0 Å². The Bertz CT molecular complexity index is 101. The molecular formula is C3H5CaNO5. The van der Waals surface area contributed by atoms with Crippen LogP contribution < -0.4 is 15.9 Å². The summed E-state index contributed by atoms with van der Waals surface area (Å²) in [5, 5.41) is 24.3. The zero-order chi connectivity index (χ0) is 7.86. The minimum atomic E-state index is -2.33. The maximum absolute atomic E-state index is 9.24. The molecule has 54 valence electrons. The van der Waals surface area contributed by atoms with Crippen LogP contribution in [0, 0.1) is 0 Å². The summed E-state index contributed by atoms with van der Waals surface area (Å²) in [6.45, 7) is -0.278. The number of hydrogen-bond acceptors (Lipinski definition) is 5. The Morgan fingerprint density at radius 1 is 1.40 bits per heavy atom. The second-order valence-electron chi connectivity index (χ2n) is 0.848. The smallest absolute Gasteiger partial charge is 0.652 e. The average Bonchev–Trinajstić information content (AvgIpc) is 1.65. The maximum Gasteiger partial charge on any atom is 2.00 e. The van der Waals surface area contributed by atoms with Gasteiger partial charge in [0.15, 0.2) is 0 Å². The van der Waals surface area contributed by atoms with E-state index in [2.05, 4.69) is 5.73 Å². The molecule has 0 spiro atoms. The molecule has 10 heavy (non-hydrogen) atoms. The fourth-order valence-electron chi connectivity index (χ4n) is 0. The summed E-state index contributed by atoms with van der Waals surface area (Å²) in [6, 6.07) is 0. The molecule has 7 heteroatoms. The molecule has 0 amide bonds. The Labute approximate surface area is 86.6 Å². The fourth-order valence-corrected chi connectivity index (χ4v) is 0. The van der Waals surface area contributed by atoms with E-state index in [4.69, 9.17) is 20.1 Å². The first-order valence-corrected chi connectivity index (χ1v) is 1.80. The minimum absolute atomic E-state index is 0. The van der Waals surface area contributed by atoms with Gasteiger partial charge in [-0.25, -0.2) is 0 Å². The third-order valence-electron chi connectivity index (χ3n) is 0.175. The Hall–Kier alpha value is -0.0403. The zero-order valence-electron chi connectivity index (χ0n) is 5.07. The van der Waals surface area contributed by atoms with Crippen LogP contribution in [0.5, 0.6) is 0 Å². The summed E-state index contributed by atoms with van der Waals surface area (Å²) in [7, 11) is 0. The van der Waals surface area contributed by atoms with Crippen molar-refractivity contribution in [1.29, 1.82) is 0 Å². The van der Waals surface area contributed by atoms with E-state index in [0.717, 1.165) is 0 Å². The molecule has 0 aromatic heterocycles. The molecule has 0 bridgehead atoms. The van der Waals surface area contributed by atoms with Crippen molar-refractivity contribution in [3.63, 3.8) is 0 Å². The van der Waals surface area contributed by atoms with Gasteiger partial charge in [-0.1, -0.05) is 0 Å². The van der Waals surface area contributed by atoms with Crippen LogP contribution in [-0.4, -0.2) is 61.5 Å². The van der Waals surface area contributed by atoms with E-state index in [1.54, 1.807) is 0 Å². The van der Waals surface area contributed by atoms with Gasteiger partial charge in [0.05, 0.1) is 6.54 Å². The number of carbonyl (C=O) groups is 2. The van der Waals surface area contributed by atoms with Gasteiger partial charge in [-0.05, 0) is 6.16 Å². The minimum Gasteiger partial charge on any atom is -0.652 e. The Balaban J connectivity index is -0.0000000910. The molecule has 0 heterocycles. The van der Waals surface area contributed by atoms with Crippen molar-refractivity contribution >= 4 is 49.9 Å². The first-order chi connectivity index (χ1) is 4.00. The monoisotopic (exact) mass is 175 g/mol. The van der Waals surface area contributed by atoms with Crippen LogP contribution >= 0.6 is 0 Å². The molecule has 0 aromatic rings. The summed E-state index contributed by atoms with van der Waals surface area (Å²) < 4.78 is 0. The molecule has 0 aliphatic rings. The van der Waals surface area contributed by atoms with Crippen molar-refractivity contribution in [2.24, 2.45) is 5.73 Å². The molecule has 0 unspecified atom stereocenters. The molecule has 0 saturated carbocycles. The Morgan fingerprint density at radius 3 is 1.50 bits per heavy atom. The summed E-state index contributed by atoms with van der Waals surface area (Å²) in [5.74, 6) is -0.968. The van der Waals surface area contributed by atoms with Crippen molar-refractivity contribution in [2.75, 3.05) is 6.54 Å². The van der Waals surface area contributed by atoms with Crippen molar-refractivity contribution in [3.05, 3.63) is 0 Å². The summed E-state index contributed by atoms with van der Waals surface area (Å²) in [4.78, 5) is 17.6. The number of nitrogens with two attached hydrogens (primary N) is 1. The van der Waals surface area contributed by atoms with E-state index in [9.17, 15) is 4.79 Å². The quantitative estimate of drug-likeness (QED) is 0.393. The van der Waals surface area contributed by atoms with E-state index >= 15 is 0 Å². The maximum atomic E-state index is 9.24. The number of hydrogen-bond donors (Lipinski definition) is 2. The van der Waals surface area contributed by atoms with E-state index in [-0.39, 0.29) is 44.3 Å². The molecule has 0 aliphatic heterocycles. The van der Waals surface area contributed by atoms with Crippen molar-refractivity contribution in [3.8, 4) is 0 Å². The second-order valence-corrected chi connectivity index (χ2v) is 0.848. The third kappa shape index (κ3) is 100. The predicted molar refractivity (Wildman–Crippen MR) is 27.8 cm³/mol. The molecule has 0 radical (unpaired) electrons. The van der Waals surface area contributed by atoms with Crippen molar-refractivity contribution in [2.45, 2.75) is 0 Å². The predicted octanol–water partition coefficient (Wildman–Crippen LogP) is -3.80. The topological polar surface area (TPSA) is 127 Å². The number of rotatable bonds is 1. The average molecular weight is 175 g/mol. The van der Waals surface area contributed by atoms with Crippen LogP contribution in [0.25, 0.3) is 0 Å². The molecule has 6 nitrogen and oxygen atoms in total. The molecule has 0 aliphatic carbocycles. The van der Waals surface area contributed by atoms with Gasteiger partial charge in [0.1, 0.15) is 0 Å². The number of carboxylic acids is 1. The molecule has 3 N–H and O–H groups in total. The molecule has 0 fully saturated rings. The Kier molecular flexibility index (Phi) is 19.3. The fraction of sp³-hybridized carbons (Fsp3) is 0.333. The van der Waals surface area contributed by atoms with Crippen LogP contribution in [0.2, 0.25) is 0 Å². The third-order valence-corrected chi connectivity index (χ3v) is 0.175. The SMILES string of the molecule is NCC(=O)O.O=C([O-])[O-].[Ca+2]. The molecular weight excluding hydrogens is 170 g/mol. The standard InChI is InChI=1S/C2H5NO2.CH2O3.Ca/c3-1-2(4)5;2-1(3)4;/h1,3H2,(H,4,5);(H2,2,3,4);/q;;+2/p-2. The molecule has 0 rings (SSSR count). The second kappa shape index (κ2) is 11.7. The molecule has 0 atom stereocenters. The van der Waals surface area contributed by atoms with Crippen LogP contribution in [0.1, 0.15) is 0 Å². The molecule has 0 aromatic carbocycles. The van der Waals surface area contributed by atoms with Crippen molar-refractivity contribution in [1.82, 2.24) is 0 Å². The van der Waals surface area contributed by atoms with E-state index in [0.29, 0.717) is 0 Å². The van der Waals surface area contributed by atoms with Gasteiger partial charge in [0, 0.05) is 0 Å². The number of carboxylic acid groups (broad SMARTS) is 3. The zero-order valence-corrected chi connectivity index (χ0v) is 7.28. The van der Waals surface area contributed by atoms with E-state index in [1.165, 1.54) is 0 Å². The van der Waals surface area contributed by atoms with Crippen LogP contribution in [-0.2, 0) is 4.79 Å². The van der Waals surface area contributed by atoms with Gasteiger partial charge < -0.3 is 25.8 Å². The van der Waals surface area contributed by atoms with Gasteiger partial charge in [-0.3, -0.25) is 4.79 Å². The summed E-state index contributed by atoms with van der Waals surface area (Å²) in [6.07, 6.45) is -2.33. The largest absolute Gasteiger partial charge is 2.00 e. The Morgan fingerprint density at radius 2 is 1.50 bits per heavy atom. The van der Waals surface area contributed by atoms with Crippen LogP contribution in [0.15, 0.2) is 0 Å². The first-order valence-electron chi connectivity index (χ1n) is 1.80. The normalized spacial score (nSPS) is 6.10. The number of carbonyl (C=O) groups excluding carboxylic acids is 1. The molecule has 0 saturated heterocycles. The van der Waals surface area contributed by atoms with Gasteiger partial charge in [0.2, 0.25) is 0 Å². The van der Waals surface area contributed by atoms with Gasteiger partial charge >= 0.3 is 43.7 Å². The van der Waals surface area contributed by atoms with Crippen LogP contribution in [0.3, 0.4) is 0 Å². The van der Waals surface area contributed by atoms with E-state index in [1.807, 2.05) is 0 Å². The first kappa shape index (κ1) is 16.5.